The highest BCUT2D eigenvalue weighted by Crippen LogP contribution is 2.19. The Morgan fingerprint density at radius 1 is 1.37 bits per heavy atom. The molecule has 2 rings (SSSR count). The van der Waals surface area contributed by atoms with Crippen LogP contribution in [0.25, 0.3) is 0 Å². The highest BCUT2D eigenvalue weighted by molar-refractivity contribution is 5.33. The lowest BCUT2D eigenvalue weighted by molar-refractivity contribution is 0.239. The van der Waals surface area contributed by atoms with Crippen molar-refractivity contribution < 1.29 is 4.74 Å². The maximum Gasteiger partial charge on any atom is 0.124 e. The summed E-state index contributed by atoms with van der Waals surface area (Å²) in [4.78, 5) is 2.40. The van der Waals surface area contributed by atoms with Crippen LogP contribution in [0.15, 0.2) is 24.3 Å². The van der Waals surface area contributed by atoms with Gasteiger partial charge in [0.2, 0.25) is 0 Å². The quantitative estimate of drug-likeness (QED) is 0.852. The second-order valence-corrected chi connectivity index (χ2v) is 5.82. The van der Waals surface area contributed by atoms with Crippen LogP contribution in [0.5, 0.6) is 5.75 Å². The van der Waals surface area contributed by atoms with Crippen molar-refractivity contribution in [2.75, 3.05) is 26.7 Å². The summed E-state index contributed by atoms with van der Waals surface area (Å²) < 4.78 is 5.84. The van der Waals surface area contributed by atoms with E-state index >= 15 is 0 Å². The lowest BCUT2D eigenvalue weighted by Gasteiger charge is -2.16. The van der Waals surface area contributed by atoms with Gasteiger partial charge in [-0.25, -0.2) is 0 Å². The average Bonchev–Trinajstić information content (AvgIpc) is 2.77. The Balaban J connectivity index is 1.82. The van der Waals surface area contributed by atoms with Crippen LogP contribution in [-0.4, -0.2) is 37.7 Å². The van der Waals surface area contributed by atoms with Gasteiger partial charge in [-0.05, 0) is 52.4 Å². The molecular formula is C16H26N2O. The lowest BCUT2D eigenvalue weighted by atomic mass is 10.1. The van der Waals surface area contributed by atoms with Gasteiger partial charge in [0.15, 0.2) is 0 Å². The molecule has 0 aromatic heterocycles. The molecule has 1 aliphatic rings. The molecule has 1 aromatic carbocycles. The molecule has 1 fully saturated rings. The summed E-state index contributed by atoms with van der Waals surface area (Å²) in [5, 5.41) is 3.57. The van der Waals surface area contributed by atoms with E-state index in [2.05, 4.69) is 49.3 Å². The largest absolute Gasteiger partial charge is 0.491 e. The fraction of sp³-hybridized carbons (Fsp3) is 0.625. The van der Waals surface area contributed by atoms with E-state index in [1.165, 1.54) is 25.1 Å². The monoisotopic (exact) mass is 262 g/mol. The van der Waals surface area contributed by atoms with Crippen LogP contribution < -0.4 is 10.1 Å². The molecule has 1 N–H and O–H groups in total. The van der Waals surface area contributed by atoms with Crippen molar-refractivity contribution in [1.29, 1.82) is 0 Å². The average molecular weight is 262 g/mol. The molecule has 1 aliphatic heterocycles. The van der Waals surface area contributed by atoms with Crippen LogP contribution in [0.4, 0.5) is 0 Å². The second-order valence-electron chi connectivity index (χ2n) is 5.82. The van der Waals surface area contributed by atoms with E-state index in [1.54, 1.807) is 0 Å². The normalized spacial score (nSPS) is 20.1. The third-order valence-electron chi connectivity index (χ3n) is 3.57. The minimum Gasteiger partial charge on any atom is -0.491 e. The van der Waals surface area contributed by atoms with E-state index in [9.17, 15) is 0 Å². The number of para-hydroxylation sites is 1. The van der Waals surface area contributed by atoms with E-state index in [0.29, 0.717) is 0 Å². The minimum absolute atomic E-state index is 0.227. The molecule has 1 atom stereocenters. The van der Waals surface area contributed by atoms with Crippen LogP contribution in [0, 0.1) is 5.92 Å². The molecule has 106 valence electrons. The Morgan fingerprint density at radius 2 is 2.16 bits per heavy atom. The number of likely N-dealkylation sites (tertiary alicyclic amines) is 1. The van der Waals surface area contributed by atoms with Crippen molar-refractivity contribution in [1.82, 2.24) is 10.2 Å². The van der Waals surface area contributed by atoms with Crippen molar-refractivity contribution in [3.05, 3.63) is 29.8 Å². The molecule has 0 amide bonds. The van der Waals surface area contributed by atoms with Gasteiger partial charge in [0, 0.05) is 18.7 Å². The number of benzene rings is 1. The fourth-order valence-corrected chi connectivity index (χ4v) is 2.62. The predicted octanol–water partition coefficient (Wildman–Crippen LogP) is 2.52. The molecule has 1 saturated heterocycles. The van der Waals surface area contributed by atoms with Gasteiger partial charge in [-0.2, -0.15) is 0 Å². The molecule has 3 nitrogen and oxygen atoms in total. The Morgan fingerprint density at radius 3 is 2.84 bits per heavy atom. The van der Waals surface area contributed by atoms with Gasteiger partial charge in [-0.1, -0.05) is 18.2 Å². The zero-order valence-electron chi connectivity index (χ0n) is 12.4. The zero-order chi connectivity index (χ0) is 13.7. The first-order valence-corrected chi connectivity index (χ1v) is 7.29. The Hall–Kier alpha value is -1.06. The molecule has 0 radical (unpaired) electrons. The molecule has 1 aromatic rings. The number of nitrogens with one attached hydrogen (secondary N) is 1. The van der Waals surface area contributed by atoms with Gasteiger partial charge in [0.05, 0.1) is 6.10 Å². The smallest absolute Gasteiger partial charge is 0.124 e. The third-order valence-corrected chi connectivity index (χ3v) is 3.57. The summed E-state index contributed by atoms with van der Waals surface area (Å²) in [7, 11) is 2.20. The topological polar surface area (TPSA) is 24.5 Å². The first-order valence-electron chi connectivity index (χ1n) is 7.29. The van der Waals surface area contributed by atoms with Gasteiger partial charge < -0.3 is 15.0 Å². The zero-order valence-corrected chi connectivity index (χ0v) is 12.4. The van der Waals surface area contributed by atoms with Crippen molar-refractivity contribution in [2.45, 2.75) is 32.9 Å². The minimum atomic E-state index is 0.227. The molecular weight excluding hydrogens is 236 g/mol. The third kappa shape index (κ3) is 4.51. The Bertz CT molecular complexity index is 392. The van der Waals surface area contributed by atoms with Crippen LogP contribution in [-0.2, 0) is 6.54 Å². The van der Waals surface area contributed by atoms with E-state index < -0.39 is 0 Å². The molecule has 0 spiro atoms. The number of nitrogens with zero attached hydrogens (tertiary/aromatic N) is 1. The molecule has 0 saturated carbocycles. The van der Waals surface area contributed by atoms with E-state index in [1.807, 2.05) is 6.07 Å². The summed E-state index contributed by atoms with van der Waals surface area (Å²) in [5.74, 6) is 1.80. The molecule has 19 heavy (non-hydrogen) atoms. The highest BCUT2D eigenvalue weighted by Gasteiger charge is 2.18. The van der Waals surface area contributed by atoms with Crippen LogP contribution in [0.3, 0.4) is 0 Å². The van der Waals surface area contributed by atoms with E-state index in [0.717, 1.165) is 24.8 Å². The lowest BCUT2D eigenvalue weighted by Crippen LogP contribution is -2.25. The van der Waals surface area contributed by atoms with Crippen molar-refractivity contribution >= 4 is 0 Å². The summed E-state index contributed by atoms with van der Waals surface area (Å²) in [6.45, 7) is 8.58. The van der Waals surface area contributed by atoms with Crippen molar-refractivity contribution in [2.24, 2.45) is 5.92 Å². The summed E-state index contributed by atoms with van der Waals surface area (Å²) in [6.07, 6.45) is 1.54. The summed E-state index contributed by atoms with van der Waals surface area (Å²) in [6, 6.07) is 8.31. The van der Waals surface area contributed by atoms with Crippen LogP contribution in [0.1, 0.15) is 25.8 Å². The number of hydrogen-bond acceptors (Lipinski definition) is 3. The highest BCUT2D eigenvalue weighted by atomic mass is 16.5. The number of ether oxygens (including phenoxy) is 1. The van der Waals surface area contributed by atoms with Gasteiger partial charge in [-0.3, -0.25) is 0 Å². The number of rotatable bonds is 6. The molecule has 0 bridgehead atoms. The fourth-order valence-electron chi connectivity index (χ4n) is 2.62. The summed E-state index contributed by atoms with van der Waals surface area (Å²) >= 11 is 0. The molecule has 3 heteroatoms. The second kappa shape index (κ2) is 6.92. The molecule has 1 unspecified atom stereocenters. The molecule has 0 aliphatic carbocycles. The predicted molar refractivity (Wildman–Crippen MR) is 79.5 cm³/mol. The number of hydrogen-bond donors (Lipinski definition) is 1. The van der Waals surface area contributed by atoms with Gasteiger partial charge in [0.1, 0.15) is 5.75 Å². The van der Waals surface area contributed by atoms with Crippen LogP contribution in [0.2, 0.25) is 0 Å². The van der Waals surface area contributed by atoms with Crippen molar-refractivity contribution in [3.63, 3.8) is 0 Å². The van der Waals surface area contributed by atoms with Gasteiger partial charge in [0.25, 0.3) is 0 Å². The maximum absolute atomic E-state index is 5.84. The Labute approximate surface area is 116 Å². The van der Waals surface area contributed by atoms with Crippen LogP contribution >= 0.6 is 0 Å². The SMILES string of the molecule is CC(C)Oc1ccccc1CNCC1CCN(C)C1. The maximum atomic E-state index is 5.84. The van der Waals surface area contributed by atoms with E-state index in [4.69, 9.17) is 4.74 Å². The first-order chi connectivity index (χ1) is 9.15. The molecule has 1 heterocycles. The Kier molecular flexibility index (Phi) is 5.23. The standard InChI is InChI=1S/C16H26N2O/c1-13(2)19-16-7-5-4-6-15(16)11-17-10-14-8-9-18(3)12-14/h4-7,13-14,17H,8-12H2,1-3H3. The van der Waals surface area contributed by atoms with Crippen molar-refractivity contribution in [3.8, 4) is 5.75 Å². The first kappa shape index (κ1) is 14.4. The summed E-state index contributed by atoms with van der Waals surface area (Å²) in [5.41, 5.74) is 1.25. The van der Waals surface area contributed by atoms with Gasteiger partial charge >= 0.3 is 0 Å². The van der Waals surface area contributed by atoms with E-state index in [-0.39, 0.29) is 6.10 Å². The van der Waals surface area contributed by atoms with Gasteiger partial charge in [-0.15, -0.1) is 0 Å².